The molecule has 6 heteroatoms. The van der Waals surface area contributed by atoms with Crippen LogP contribution in [0, 0.1) is 0 Å². The molecule has 0 saturated heterocycles. The highest BCUT2D eigenvalue weighted by Crippen LogP contribution is 2.16. The van der Waals surface area contributed by atoms with Crippen LogP contribution in [0.4, 0.5) is 0 Å². The molecule has 0 amide bonds. The van der Waals surface area contributed by atoms with Gasteiger partial charge in [0.05, 0.1) is 0 Å². The number of hydrogen-bond donors (Lipinski definition) is 0. The molecular weight excluding hydrogens is 973 g/mol. The lowest BCUT2D eigenvalue weighted by Gasteiger charge is -2.18. The zero-order chi connectivity index (χ0) is 57.1. The van der Waals surface area contributed by atoms with Crippen LogP contribution >= 0.6 is 0 Å². The maximum atomic E-state index is 12.9. The predicted molar refractivity (Wildman–Crippen MR) is 343 cm³/mol. The van der Waals surface area contributed by atoms with E-state index in [9.17, 15) is 14.4 Å². The highest BCUT2D eigenvalue weighted by molar-refractivity contribution is 5.71. The van der Waals surface area contributed by atoms with Crippen molar-refractivity contribution in [2.24, 2.45) is 0 Å². The van der Waals surface area contributed by atoms with Crippen molar-refractivity contribution in [3.63, 3.8) is 0 Å². The van der Waals surface area contributed by atoms with Gasteiger partial charge in [-0.25, -0.2) is 0 Å². The van der Waals surface area contributed by atoms with Crippen LogP contribution in [-0.4, -0.2) is 37.2 Å². The van der Waals surface area contributed by atoms with Gasteiger partial charge >= 0.3 is 17.9 Å². The van der Waals surface area contributed by atoms with Crippen LogP contribution in [0.3, 0.4) is 0 Å². The summed E-state index contributed by atoms with van der Waals surface area (Å²) in [5, 5.41) is 0. The molecule has 0 aliphatic carbocycles. The molecule has 0 heterocycles. The minimum Gasteiger partial charge on any atom is -0.462 e. The van der Waals surface area contributed by atoms with E-state index in [1.54, 1.807) is 0 Å². The van der Waals surface area contributed by atoms with Gasteiger partial charge in [0.15, 0.2) is 6.10 Å². The second kappa shape index (κ2) is 66.1. The summed E-state index contributed by atoms with van der Waals surface area (Å²) in [4.78, 5) is 38.3. The van der Waals surface area contributed by atoms with E-state index in [0.717, 1.165) is 148 Å². The van der Waals surface area contributed by atoms with Crippen molar-refractivity contribution in [1.29, 1.82) is 0 Å². The molecule has 0 aliphatic rings. The topological polar surface area (TPSA) is 78.9 Å². The molecule has 0 N–H and O–H groups in total. The van der Waals surface area contributed by atoms with Crippen molar-refractivity contribution in [3.8, 4) is 0 Å². The average Bonchev–Trinajstić information content (AvgIpc) is 3.45. The van der Waals surface area contributed by atoms with Crippen molar-refractivity contribution in [1.82, 2.24) is 0 Å². The van der Waals surface area contributed by atoms with Gasteiger partial charge in [0.25, 0.3) is 0 Å². The second-order valence-electron chi connectivity index (χ2n) is 21.3. The van der Waals surface area contributed by atoms with Gasteiger partial charge in [0.1, 0.15) is 13.2 Å². The van der Waals surface area contributed by atoms with Gasteiger partial charge in [-0.05, 0) is 116 Å². The first-order valence-corrected chi connectivity index (χ1v) is 32.7. The number of carbonyl (C=O) groups excluding carboxylic acids is 3. The highest BCUT2D eigenvalue weighted by Gasteiger charge is 2.19. The minimum atomic E-state index is -0.805. The van der Waals surface area contributed by atoms with Crippen molar-refractivity contribution >= 4 is 17.9 Å². The molecule has 448 valence electrons. The number of unbranched alkanes of at least 4 members (excludes halogenated alkanes) is 25. The van der Waals surface area contributed by atoms with Gasteiger partial charge in [0.2, 0.25) is 0 Å². The molecule has 0 bridgehead atoms. The fourth-order valence-corrected chi connectivity index (χ4v) is 8.83. The Labute approximate surface area is 487 Å². The number of esters is 3. The Balaban J connectivity index is 4.39. The lowest BCUT2D eigenvalue weighted by molar-refractivity contribution is -0.167. The Morgan fingerprint density at radius 1 is 0.266 bits per heavy atom. The van der Waals surface area contributed by atoms with Crippen molar-refractivity contribution in [2.75, 3.05) is 13.2 Å². The zero-order valence-corrected chi connectivity index (χ0v) is 51.3. The number of hydrogen-bond acceptors (Lipinski definition) is 6. The summed E-state index contributed by atoms with van der Waals surface area (Å²) in [6.45, 7) is 6.38. The predicted octanol–water partition coefficient (Wildman–Crippen LogP) is 22.5. The standard InChI is InChI=1S/C73H120O6/c1-4-7-10-13-16-19-22-25-27-29-31-32-33-34-35-36-37-38-39-40-42-43-45-48-51-54-57-60-63-66-72(75)78-69-70(68-77-71(74)65-62-59-56-53-50-47-24-21-18-15-12-9-6-3)79-73(76)67-64-61-58-55-52-49-46-44-41-30-28-26-23-20-17-14-11-8-5-2/h7,9-10,12,16,18-19,21,25,27,31-32,34-35,37-38,40,42,45,47-48,50,70H,4-6,8,11,13-15,17,20,22-24,26,28-30,33,36,39,41,43-44,46,49,51-69H2,1-3H3/b10-7-,12-9-,19-16-,21-18-,27-25-,32-31-,35-34-,38-37-,42-40-,48-45-,50-47-. The van der Waals surface area contributed by atoms with Gasteiger partial charge in [-0.3, -0.25) is 14.4 Å². The van der Waals surface area contributed by atoms with E-state index in [0.29, 0.717) is 19.3 Å². The number of allylic oxidation sites excluding steroid dienone is 22. The Morgan fingerprint density at radius 3 is 0.785 bits per heavy atom. The normalized spacial score (nSPS) is 13.0. The molecule has 0 aliphatic heterocycles. The van der Waals surface area contributed by atoms with Crippen LogP contribution in [0.5, 0.6) is 0 Å². The average molecular weight is 1090 g/mol. The maximum Gasteiger partial charge on any atom is 0.306 e. The lowest BCUT2D eigenvalue weighted by Crippen LogP contribution is -2.30. The summed E-state index contributed by atoms with van der Waals surface area (Å²) in [5.41, 5.74) is 0. The van der Waals surface area contributed by atoms with E-state index in [2.05, 4.69) is 154 Å². The van der Waals surface area contributed by atoms with Crippen LogP contribution in [0.2, 0.25) is 0 Å². The van der Waals surface area contributed by atoms with Gasteiger partial charge in [-0.15, -0.1) is 0 Å². The third-order valence-corrected chi connectivity index (χ3v) is 13.7. The first kappa shape index (κ1) is 74.5. The summed E-state index contributed by atoms with van der Waals surface area (Å²) in [6, 6.07) is 0. The summed E-state index contributed by atoms with van der Waals surface area (Å²) in [7, 11) is 0. The lowest BCUT2D eigenvalue weighted by atomic mass is 10.0. The summed E-state index contributed by atoms with van der Waals surface area (Å²) in [6.07, 6.45) is 93.2. The second-order valence-corrected chi connectivity index (χ2v) is 21.3. The Bertz CT molecular complexity index is 1680. The molecule has 79 heavy (non-hydrogen) atoms. The van der Waals surface area contributed by atoms with E-state index >= 15 is 0 Å². The first-order valence-electron chi connectivity index (χ1n) is 32.7. The number of carbonyl (C=O) groups is 3. The molecule has 0 fully saturated rings. The third-order valence-electron chi connectivity index (χ3n) is 13.7. The van der Waals surface area contributed by atoms with E-state index in [1.165, 1.54) is 103 Å². The van der Waals surface area contributed by atoms with Crippen LogP contribution in [0.25, 0.3) is 0 Å². The van der Waals surface area contributed by atoms with E-state index in [-0.39, 0.29) is 31.1 Å². The maximum absolute atomic E-state index is 12.9. The Kier molecular flexibility index (Phi) is 62.3. The molecule has 0 aromatic rings. The summed E-state index contributed by atoms with van der Waals surface area (Å²) in [5.74, 6) is -0.949. The number of ether oxygens (including phenoxy) is 3. The SMILES string of the molecule is CC/C=C\C/C=C\C/C=C\C/C=C\C/C=C\C/C=C\C/C=C\C/C=C\CCCCCCC(=O)OCC(COC(=O)CCCCC/C=C\C/C=C\C/C=C\CC)OC(=O)CCCCCCCCCCCCCCCCCCCCC. The van der Waals surface area contributed by atoms with Gasteiger partial charge in [-0.1, -0.05) is 289 Å². The molecule has 0 saturated carbocycles. The van der Waals surface area contributed by atoms with Gasteiger partial charge in [-0.2, -0.15) is 0 Å². The molecule has 0 aromatic heterocycles. The fraction of sp³-hybridized carbons (Fsp3) is 0.658. The highest BCUT2D eigenvalue weighted by atomic mass is 16.6. The fourth-order valence-electron chi connectivity index (χ4n) is 8.83. The molecule has 6 nitrogen and oxygen atoms in total. The monoisotopic (exact) mass is 1090 g/mol. The molecule has 0 aromatic carbocycles. The van der Waals surface area contributed by atoms with Crippen LogP contribution in [0.15, 0.2) is 134 Å². The van der Waals surface area contributed by atoms with Crippen molar-refractivity contribution < 1.29 is 28.6 Å². The molecule has 0 radical (unpaired) electrons. The molecular formula is C73H120O6. The molecule has 1 atom stereocenters. The molecule has 0 spiro atoms. The van der Waals surface area contributed by atoms with Crippen LogP contribution in [0.1, 0.15) is 290 Å². The third kappa shape index (κ3) is 64.3. The van der Waals surface area contributed by atoms with Gasteiger partial charge in [0, 0.05) is 19.3 Å². The van der Waals surface area contributed by atoms with E-state index in [1.807, 2.05) is 0 Å². The van der Waals surface area contributed by atoms with Crippen LogP contribution < -0.4 is 0 Å². The zero-order valence-electron chi connectivity index (χ0n) is 51.3. The van der Waals surface area contributed by atoms with E-state index in [4.69, 9.17) is 14.2 Å². The Morgan fingerprint density at radius 2 is 0.494 bits per heavy atom. The van der Waals surface area contributed by atoms with Gasteiger partial charge < -0.3 is 14.2 Å². The Hall–Kier alpha value is -4.45. The first-order chi connectivity index (χ1) is 39.0. The van der Waals surface area contributed by atoms with Crippen molar-refractivity contribution in [3.05, 3.63) is 134 Å². The molecule has 0 rings (SSSR count). The molecule has 1 unspecified atom stereocenters. The largest absolute Gasteiger partial charge is 0.462 e. The van der Waals surface area contributed by atoms with Crippen LogP contribution in [-0.2, 0) is 28.6 Å². The number of rotatable bonds is 58. The summed E-state index contributed by atoms with van der Waals surface area (Å²) < 4.78 is 16.9. The quantitative estimate of drug-likeness (QED) is 0.0261. The van der Waals surface area contributed by atoms with E-state index < -0.39 is 6.10 Å². The smallest absolute Gasteiger partial charge is 0.306 e. The minimum absolute atomic E-state index is 0.103. The van der Waals surface area contributed by atoms with Crippen molar-refractivity contribution in [2.45, 2.75) is 297 Å². The summed E-state index contributed by atoms with van der Waals surface area (Å²) >= 11 is 0.